The number of anilines is 1. The zero-order chi connectivity index (χ0) is 20.7. The van der Waals surface area contributed by atoms with Gasteiger partial charge < -0.3 is 30.4 Å². The van der Waals surface area contributed by atoms with Crippen LogP contribution in [-0.2, 0) is 0 Å². The Morgan fingerprint density at radius 2 is 1.83 bits per heavy atom. The molecule has 2 aromatic rings. The molecule has 29 heavy (non-hydrogen) atoms. The SMILES string of the molecule is COc1ccc(OC)c(C(O)CN=C(N)Nc2ccccc2OC(F)(F)F)c1.I. The Hall–Kier alpha value is -2.41. The summed E-state index contributed by atoms with van der Waals surface area (Å²) in [4.78, 5) is 3.96. The highest BCUT2D eigenvalue weighted by molar-refractivity contribution is 14.0. The number of methoxy groups -OCH3 is 2. The number of halogens is 4. The number of nitrogens with two attached hydrogens (primary N) is 1. The maximum Gasteiger partial charge on any atom is 0.573 e. The van der Waals surface area contributed by atoms with Crippen molar-refractivity contribution in [3.8, 4) is 17.2 Å². The van der Waals surface area contributed by atoms with Crippen molar-refractivity contribution in [3.63, 3.8) is 0 Å². The van der Waals surface area contributed by atoms with Gasteiger partial charge in [0.15, 0.2) is 11.7 Å². The van der Waals surface area contributed by atoms with E-state index in [1.54, 1.807) is 18.2 Å². The monoisotopic (exact) mass is 527 g/mol. The molecule has 0 aliphatic rings. The summed E-state index contributed by atoms with van der Waals surface area (Å²) in [5, 5.41) is 12.9. The van der Waals surface area contributed by atoms with E-state index >= 15 is 0 Å². The third-order valence-corrected chi connectivity index (χ3v) is 3.61. The Kier molecular flexibility index (Phi) is 9.30. The van der Waals surface area contributed by atoms with Crippen LogP contribution in [0.4, 0.5) is 18.9 Å². The molecule has 0 saturated carbocycles. The van der Waals surface area contributed by atoms with Crippen LogP contribution in [0.3, 0.4) is 0 Å². The molecule has 2 aromatic carbocycles. The predicted octanol–water partition coefficient (Wildman–Crippen LogP) is 3.68. The van der Waals surface area contributed by atoms with Gasteiger partial charge >= 0.3 is 6.36 Å². The molecule has 0 aliphatic heterocycles. The van der Waals surface area contributed by atoms with Crippen LogP contribution in [0.25, 0.3) is 0 Å². The first-order valence-corrected chi connectivity index (χ1v) is 8.05. The number of alkyl halides is 3. The van der Waals surface area contributed by atoms with E-state index in [9.17, 15) is 18.3 Å². The van der Waals surface area contributed by atoms with Gasteiger partial charge in [0.2, 0.25) is 0 Å². The van der Waals surface area contributed by atoms with E-state index in [4.69, 9.17) is 15.2 Å². The number of guanidine groups is 1. The highest BCUT2D eigenvalue weighted by atomic mass is 127. The van der Waals surface area contributed by atoms with Gasteiger partial charge in [0, 0.05) is 5.56 Å². The average Bonchev–Trinajstić information content (AvgIpc) is 2.66. The lowest BCUT2D eigenvalue weighted by Gasteiger charge is -2.16. The first-order valence-electron chi connectivity index (χ1n) is 8.05. The van der Waals surface area contributed by atoms with E-state index in [2.05, 4.69) is 15.0 Å². The Bertz CT molecular complexity index is 834. The van der Waals surface area contributed by atoms with Crippen LogP contribution < -0.4 is 25.3 Å². The molecule has 11 heteroatoms. The van der Waals surface area contributed by atoms with E-state index in [1.807, 2.05) is 0 Å². The van der Waals surface area contributed by atoms with Gasteiger partial charge in [0.1, 0.15) is 17.6 Å². The Labute approximate surface area is 182 Å². The van der Waals surface area contributed by atoms with E-state index in [-0.39, 0.29) is 42.2 Å². The van der Waals surface area contributed by atoms with Crippen molar-refractivity contribution >= 4 is 35.6 Å². The van der Waals surface area contributed by atoms with Gasteiger partial charge in [0.25, 0.3) is 0 Å². The molecule has 1 unspecified atom stereocenters. The third kappa shape index (κ3) is 7.49. The number of benzene rings is 2. The summed E-state index contributed by atoms with van der Waals surface area (Å²) in [6, 6.07) is 10.3. The van der Waals surface area contributed by atoms with Crippen LogP contribution >= 0.6 is 24.0 Å². The van der Waals surface area contributed by atoms with Crippen molar-refractivity contribution in [3.05, 3.63) is 48.0 Å². The van der Waals surface area contributed by atoms with Gasteiger partial charge in [-0.1, -0.05) is 12.1 Å². The first-order chi connectivity index (χ1) is 13.2. The molecule has 160 valence electrons. The number of aliphatic hydroxyl groups is 1. The van der Waals surface area contributed by atoms with Gasteiger partial charge in [0.05, 0.1) is 26.5 Å². The lowest BCUT2D eigenvalue weighted by Crippen LogP contribution is -2.25. The molecule has 0 radical (unpaired) electrons. The Balaban J connectivity index is 0.00000420. The summed E-state index contributed by atoms with van der Waals surface area (Å²) in [7, 11) is 2.94. The van der Waals surface area contributed by atoms with Crippen LogP contribution in [0.1, 0.15) is 11.7 Å². The highest BCUT2D eigenvalue weighted by Crippen LogP contribution is 2.31. The molecule has 0 aliphatic carbocycles. The highest BCUT2D eigenvalue weighted by Gasteiger charge is 2.32. The number of hydrogen-bond acceptors (Lipinski definition) is 5. The van der Waals surface area contributed by atoms with Crippen LogP contribution in [0, 0.1) is 0 Å². The number of aliphatic hydroxyl groups excluding tert-OH is 1. The molecule has 0 amide bonds. The molecule has 0 fully saturated rings. The molecular weight excluding hydrogens is 506 g/mol. The maximum atomic E-state index is 12.5. The second-order valence-corrected chi connectivity index (χ2v) is 5.52. The minimum absolute atomic E-state index is 0. The number of ether oxygens (including phenoxy) is 3. The van der Waals surface area contributed by atoms with E-state index < -0.39 is 18.2 Å². The number of aliphatic imine (C=N–C) groups is 1. The molecule has 1 atom stereocenters. The molecular formula is C18H21F3IN3O4. The molecule has 0 spiro atoms. The van der Waals surface area contributed by atoms with Gasteiger partial charge in [-0.2, -0.15) is 0 Å². The zero-order valence-electron chi connectivity index (χ0n) is 15.6. The summed E-state index contributed by atoms with van der Waals surface area (Å²) < 4.78 is 51.6. The third-order valence-electron chi connectivity index (χ3n) is 3.61. The number of para-hydroxylation sites is 2. The minimum Gasteiger partial charge on any atom is -0.497 e. The second-order valence-electron chi connectivity index (χ2n) is 5.52. The lowest BCUT2D eigenvalue weighted by atomic mass is 10.1. The second kappa shape index (κ2) is 11.0. The molecule has 0 heterocycles. The van der Waals surface area contributed by atoms with Gasteiger partial charge in [-0.3, -0.25) is 4.99 Å². The van der Waals surface area contributed by atoms with Crippen LogP contribution in [0.15, 0.2) is 47.5 Å². The van der Waals surface area contributed by atoms with Gasteiger partial charge in [-0.05, 0) is 30.3 Å². The first kappa shape index (κ1) is 24.6. The van der Waals surface area contributed by atoms with E-state index in [1.165, 1.54) is 32.4 Å². The smallest absolute Gasteiger partial charge is 0.497 e. The van der Waals surface area contributed by atoms with Crippen molar-refractivity contribution in [2.45, 2.75) is 12.5 Å². The quantitative estimate of drug-likeness (QED) is 0.289. The molecule has 0 saturated heterocycles. The van der Waals surface area contributed by atoms with Crippen molar-refractivity contribution in [2.75, 3.05) is 26.1 Å². The van der Waals surface area contributed by atoms with Gasteiger partial charge in [-0.15, -0.1) is 37.1 Å². The van der Waals surface area contributed by atoms with Crippen molar-refractivity contribution in [1.82, 2.24) is 0 Å². The fourth-order valence-corrected chi connectivity index (χ4v) is 2.34. The van der Waals surface area contributed by atoms with Crippen LogP contribution in [0.2, 0.25) is 0 Å². The minimum atomic E-state index is -4.84. The number of nitrogens with zero attached hydrogens (tertiary/aromatic N) is 1. The van der Waals surface area contributed by atoms with Gasteiger partial charge in [-0.25, -0.2) is 0 Å². The maximum absolute atomic E-state index is 12.5. The summed E-state index contributed by atoms with van der Waals surface area (Å²) in [5.74, 6) is 0.296. The normalized spacial score (nSPS) is 12.6. The fraction of sp³-hybridized carbons (Fsp3) is 0.278. The summed E-state index contributed by atoms with van der Waals surface area (Å²) in [5.41, 5.74) is 6.14. The summed E-state index contributed by atoms with van der Waals surface area (Å²) in [6.07, 6.45) is -5.92. The average molecular weight is 527 g/mol. The molecule has 4 N–H and O–H groups in total. The summed E-state index contributed by atoms with van der Waals surface area (Å²) >= 11 is 0. The lowest BCUT2D eigenvalue weighted by molar-refractivity contribution is -0.274. The van der Waals surface area contributed by atoms with Crippen LogP contribution in [0.5, 0.6) is 17.2 Å². The molecule has 0 bridgehead atoms. The van der Waals surface area contributed by atoms with Crippen molar-refractivity contribution in [1.29, 1.82) is 0 Å². The Morgan fingerprint density at radius 1 is 1.14 bits per heavy atom. The molecule has 2 rings (SSSR count). The molecule has 7 nitrogen and oxygen atoms in total. The Morgan fingerprint density at radius 3 is 2.45 bits per heavy atom. The standard InChI is InChI=1S/C18H20F3N3O4.HI/c1-26-11-7-8-15(27-2)12(9-11)14(25)10-23-17(22)24-13-5-3-4-6-16(13)28-18(19,20)21;/h3-9,14,25H,10H2,1-2H3,(H3,22,23,24);1H. The fourth-order valence-electron chi connectivity index (χ4n) is 2.34. The number of nitrogens with one attached hydrogen (secondary N) is 1. The topological polar surface area (TPSA) is 98.3 Å². The predicted molar refractivity (Wildman–Crippen MR) is 113 cm³/mol. The zero-order valence-corrected chi connectivity index (χ0v) is 17.9. The van der Waals surface area contributed by atoms with Crippen molar-refractivity contribution < 1.29 is 32.5 Å². The summed E-state index contributed by atoms with van der Waals surface area (Å²) in [6.45, 7) is -0.162. The van der Waals surface area contributed by atoms with E-state index in [0.29, 0.717) is 17.1 Å². The number of rotatable bonds is 7. The number of hydrogen-bond donors (Lipinski definition) is 3. The molecule has 0 aromatic heterocycles. The van der Waals surface area contributed by atoms with Crippen LogP contribution in [-0.4, -0.2) is 38.2 Å². The largest absolute Gasteiger partial charge is 0.573 e. The van der Waals surface area contributed by atoms with E-state index in [0.717, 1.165) is 6.07 Å². The van der Waals surface area contributed by atoms with Crippen molar-refractivity contribution in [2.24, 2.45) is 10.7 Å².